The summed E-state index contributed by atoms with van der Waals surface area (Å²) < 4.78 is 10.3. The second-order valence-corrected chi connectivity index (χ2v) is 4.00. The van der Waals surface area contributed by atoms with E-state index in [0.717, 1.165) is 5.57 Å². The molecule has 0 fully saturated rings. The largest absolute Gasteiger partial charge is 0.497 e. The maximum Gasteiger partial charge on any atom is 0.323 e. The number of ether oxygens (including phenoxy) is 2. The Hall–Kier alpha value is -2.04. The third-order valence-electron chi connectivity index (χ3n) is 2.81. The topological polar surface area (TPSA) is 64.6 Å². The van der Waals surface area contributed by atoms with E-state index in [4.69, 9.17) is 9.47 Å². The normalized spacial score (nSPS) is 25.6. The third kappa shape index (κ3) is 2.30. The number of carbonyl (C=O) groups is 2. The highest BCUT2D eigenvalue weighted by Crippen LogP contribution is 2.26. The van der Waals surface area contributed by atoms with Crippen molar-refractivity contribution in [3.05, 3.63) is 35.6 Å². The zero-order chi connectivity index (χ0) is 13.1. The first-order chi connectivity index (χ1) is 8.65. The summed E-state index contributed by atoms with van der Waals surface area (Å²) in [5, 5.41) is 2.61. The van der Waals surface area contributed by atoms with Gasteiger partial charge >= 0.3 is 5.97 Å². The molecule has 96 valence electrons. The van der Waals surface area contributed by atoms with Gasteiger partial charge in [-0.3, -0.25) is 9.59 Å². The molecule has 2 unspecified atom stereocenters. The van der Waals surface area contributed by atoms with Crippen LogP contribution in [-0.2, 0) is 19.1 Å². The summed E-state index contributed by atoms with van der Waals surface area (Å²) in [6.45, 7) is 2.29. The first-order valence-corrected chi connectivity index (χ1v) is 5.79. The number of methoxy groups -OCH3 is 1. The zero-order valence-corrected chi connectivity index (χ0v) is 10.3. The van der Waals surface area contributed by atoms with Crippen molar-refractivity contribution in [3.8, 4) is 0 Å². The number of rotatable bonds is 3. The van der Waals surface area contributed by atoms with E-state index in [2.05, 4.69) is 5.32 Å². The van der Waals surface area contributed by atoms with Crippen LogP contribution in [0.4, 0.5) is 0 Å². The summed E-state index contributed by atoms with van der Waals surface area (Å²) in [4.78, 5) is 23.4. The molecule has 5 heteroatoms. The standard InChI is InChI=1S/C13H15NO4/c1-3-14-12(15)10-6-8-4-5-9(17-2)7-11(8)18-13(10)16/h4-7,10-11H,3H2,1-2H3,(H,14,15). The van der Waals surface area contributed by atoms with Gasteiger partial charge in [0.15, 0.2) is 5.92 Å². The lowest BCUT2D eigenvalue weighted by Crippen LogP contribution is -2.40. The number of esters is 1. The Kier molecular flexibility index (Phi) is 3.50. The molecule has 2 aliphatic rings. The van der Waals surface area contributed by atoms with Gasteiger partial charge in [0, 0.05) is 12.6 Å². The molecular weight excluding hydrogens is 234 g/mol. The molecule has 2 atom stereocenters. The molecule has 0 aromatic carbocycles. The molecule has 0 aromatic rings. The first kappa shape index (κ1) is 12.4. The average molecular weight is 249 g/mol. The molecule has 0 radical (unpaired) electrons. The summed E-state index contributed by atoms with van der Waals surface area (Å²) >= 11 is 0. The zero-order valence-electron chi connectivity index (χ0n) is 10.3. The SMILES string of the molecule is CCNC(=O)C1C=C2C=CC(OC)=CC2OC1=O. The number of fused-ring (bicyclic) bond motifs is 1. The van der Waals surface area contributed by atoms with E-state index in [0.29, 0.717) is 12.3 Å². The lowest BCUT2D eigenvalue weighted by molar-refractivity contribution is -0.153. The lowest BCUT2D eigenvalue weighted by Gasteiger charge is -2.27. The molecule has 1 aliphatic heterocycles. The summed E-state index contributed by atoms with van der Waals surface area (Å²) in [7, 11) is 1.55. The summed E-state index contributed by atoms with van der Waals surface area (Å²) in [6.07, 6.45) is 6.46. The van der Waals surface area contributed by atoms with Crippen molar-refractivity contribution in [1.29, 1.82) is 0 Å². The van der Waals surface area contributed by atoms with Gasteiger partial charge in [0.2, 0.25) is 5.91 Å². The van der Waals surface area contributed by atoms with Crippen molar-refractivity contribution >= 4 is 11.9 Å². The van der Waals surface area contributed by atoms with Gasteiger partial charge in [0.25, 0.3) is 0 Å². The molecule has 1 amide bonds. The smallest absolute Gasteiger partial charge is 0.323 e. The third-order valence-corrected chi connectivity index (χ3v) is 2.81. The van der Waals surface area contributed by atoms with E-state index in [9.17, 15) is 9.59 Å². The Morgan fingerprint density at radius 2 is 2.22 bits per heavy atom. The van der Waals surface area contributed by atoms with Crippen LogP contribution < -0.4 is 5.32 Å². The molecule has 18 heavy (non-hydrogen) atoms. The number of hydrogen-bond acceptors (Lipinski definition) is 4. The maximum atomic E-state index is 11.7. The number of amides is 1. The number of hydrogen-bond donors (Lipinski definition) is 1. The van der Waals surface area contributed by atoms with Crippen LogP contribution in [0.15, 0.2) is 35.6 Å². The molecule has 0 bridgehead atoms. The van der Waals surface area contributed by atoms with Gasteiger partial charge in [-0.05, 0) is 18.6 Å². The number of nitrogens with one attached hydrogen (secondary N) is 1. The van der Waals surface area contributed by atoms with Crippen LogP contribution in [0.2, 0.25) is 0 Å². The summed E-state index contributed by atoms with van der Waals surface area (Å²) in [6, 6.07) is 0. The van der Waals surface area contributed by atoms with Gasteiger partial charge in [0.1, 0.15) is 11.9 Å². The van der Waals surface area contributed by atoms with Crippen molar-refractivity contribution in [3.63, 3.8) is 0 Å². The van der Waals surface area contributed by atoms with Crippen LogP contribution in [0.3, 0.4) is 0 Å². The lowest BCUT2D eigenvalue weighted by atomic mass is 9.94. The monoisotopic (exact) mass is 249 g/mol. The molecule has 1 heterocycles. The summed E-state index contributed by atoms with van der Waals surface area (Å²) in [5.74, 6) is -1.08. The number of allylic oxidation sites excluding steroid dienone is 1. The summed E-state index contributed by atoms with van der Waals surface area (Å²) in [5.41, 5.74) is 0.798. The van der Waals surface area contributed by atoms with Crippen LogP contribution in [0.1, 0.15) is 6.92 Å². The predicted molar refractivity (Wildman–Crippen MR) is 64.4 cm³/mol. The second kappa shape index (κ2) is 5.08. The van der Waals surface area contributed by atoms with Crippen LogP contribution in [0.25, 0.3) is 0 Å². The first-order valence-electron chi connectivity index (χ1n) is 5.79. The Morgan fingerprint density at radius 3 is 2.89 bits per heavy atom. The van der Waals surface area contributed by atoms with Crippen LogP contribution in [0, 0.1) is 5.92 Å². The molecule has 0 saturated heterocycles. The van der Waals surface area contributed by atoms with E-state index in [1.807, 2.05) is 0 Å². The van der Waals surface area contributed by atoms with E-state index < -0.39 is 18.0 Å². The van der Waals surface area contributed by atoms with Gasteiger partial charge in [-0.1, -0.05) is 12.2 Å². The fourth-order valence-corrected chi connectivity index (χ4v) is 1.89. The van der Waals surface area contributed by atoms with Crippen molar-refractivity contribution in [2.24, 2.45) is 5.92 Å². The van der Waals surface area contributed by atoms with E-state index in [-0.39, 0.29) is 5.91 Å². The maximum absolute atomic E-state index is 11.7. The average Bonchev–Trinajstić information content (AvgIpc) is 2.37. The second-order valence-electron chi connectivity index (χ2n) is 4.00. The van der Waals surface area contributed by atoms with Crippen LogP contribution >= 0.6 is 0 Å². The minimum atomic E-state index is -0.863. The van der Waals surface area contributed by atoms with E-state index >= 15 is 0 Å². The van der Waals surface area contributed by atoms with Gasteiger partial charge in [-0.25, -0.2) is 0 Å². The Bertz CT molecular complexity index is 462. The molecule has 1 N–H and O–H groups in total. The van der Waals surface area contributed by atoms with Crippen LogP contribution in [-0.4, -0.2) is 31.6 Å². The van der Waals surface area contributed by atoms with Gasteiger partial charge in [-0.2, -0.15) is 0 Å². The molecule has 2 rings (SSSR count). The highest BCUT2D eigenvalue weighted by molar-refractivity contribution is 6.00. The molecule has 0 spiro atoms. The minimum Gasteiger partial charge on any atom is -0.497 e. The number of carbonyl (C=O) groups excluding carboxylic acids is 2. The minimum absolute atomic E-state index is 0.330. The van der Waals surface area contributed by atoms with Crippen molar-refractivity contribution in [1.82, 2.24) is 5.32 Å². The van der Waals surface area contributed by atoms with E-state index in [1.165, 1.54) is 0 Å². The molecule has 0 saturated carbocycles. The van der Waals surface area contributed by atoms with Gasteiger partial charge < -0.3 is 14.8 Å². The van der Waals surface area contributed by atoms with Crippen molar-refractivity contribution in [2.45, 2.75) is 13.0 Å². The fourth-order valence-electron chi connectivity index (χ4n) is 1.89. The Labute approximate surface area is 105 Å². The highest BCUT2D eigenvalue weighted by Gasteiger charge is 2.34. The molecule has 1 aliphatic carbocycles. The predicted octanol–water partition coefficient (Wildman–Crippen LogP) is 0.691. The van der Waals surface area contributed by atoms with Gasteiger partial charge in [0.05, 0.1) is 7.11 Å². The highest BCUT2D eigenvalue weighted by atomic mass is 16.5. The van der Waals surface area contributed by atoms with Crippen molar-refractivity contribution in [2.75, 3.05) is 13.7 Å². The van der Waals surface area contributed by atoms with Gasteiger partial charge in [-0.15, -0.1) is 0 Å². The Balaban J connectivity index is 2.22. The quantitative estimate of drug-likeness (QED) is 0.590. The Morgan fingerprint density at radius 1 is 1.44 bits per heavy atom. The molecular formula is C13H15NO4. The molecule has 5 nitrogen and oxygen atoms in total. The van der Waals surface area contributed by atoms with Crippen molar-refractivity contribution < 1.29 is 19.1 Å². The molecule has 0 aromatic heterocycles. The van der Waals surface area contributed by atoms with E-state index in [1.54, 1.807) is 38.3 Å². The van der Waals surface area contributed by atoms with Crippen LogP contribution in [0.5, 0.6) is 0 Å². The fraction of sp³-hybridized carbons (Fsp3) is 0.385.